The minimum Gasteiger partial charge on any atom is -0.306 e. The number of carbonyl (C=O) groups excluding carboxylic acids is 1. The number of hydrogen-bond acceptors (Lipinski definition) is 4. The van der Waals surface area contributed by atoms with E-state index in [-0.39, 0.29) is 5.91 Å². The molecule has 0 unspecified atom stereocenters. The van der Waals surface area contributed by atoms with Crippen LogP contribution >= 0.6 is 11.3 Å². The molecule has 0 aliphatic carbocycles. The minimum atomic E-state index is -0.145. The topological polar surface area (TPSA) is 59.8 Å². The Balaban J connectivity index is 1.74. The van der Waals surface area contributed by atoms with Crippen LogP contribution in [0.25, 0.3) is 0 Å². The maximum absolute atomic E-state index is 12.3. The molecule has 23 heavy (non-hydrogen) atoms. The first kappa shape index (κ1) is 15.4. The van der Waals surface area contributed by atoms with Gasteiger partial charge < -0.3 is 5.32 Å². The smallest absolute Gasteiger partial charge is 0.268 e. The van der Waals surface area contributed by atoms with Crippen molar-refractivity contribution in [3.05, 3.63) is 63.7 Å². The molecule has 5 nitrogen and oxygen atoms in total. The molecule has 0 saturated heterocycles. The molecule has 0 spiro atoms. The quantitative estimate of drug-likeness (QED) is 0.780. The summed E-state index contributed by atoms with van der Waals surface area (Å²) in [5, 5.41) is 8.17. The van der Waals surface area contributed by atoms with E-state index >= 15 is 0 Å². The van der Waals surface area contributed by atoms with Crippen LogP contribution in [0.15, 0.2) is 42.7 Å². The van der Waals surface area contributed by atoms with E-state index in [0.717, 1.165) is 17.0 Å². The van der Waals surface area contributed by atoms with E-state index in [0.29, 0.717) is 17.2 Å². The first-order valence-electron chi connectivity index (χ1n) is 7.49. The Morgan fingerprint density at radius 1 is 1.35 bits per heavy atom. The van der Waals surface area contributed by atoms with Crippen molar-refractivity contribution in [2.45, 2.75) is 26.8 Å². The highest BCUT2D eigenvalue weighted by Gasteiger charge is 2.13. The molecular formula is C17H18N4OS. The molecule has 0 aliphatic heterocycles. The fourth-order valence-corrected chi connectivity index (χ4v) is 3.06. The van der Waals surface area contributed by atoms with Gasteiger partial charge in [0.05, 0.1) is 23.9 Å². The van der Waals surface area contributed by atoms with Gasteiger partial charge in [-0.3, -0.25) is 4.79 Å². The first-order valence-corrected chi connectivity index (χ1v) is 8.30. The van der Waals surface area contributed by atoms with E-state index < -0.39 is 0 Å². The van der Waals surface area contributed by atoms with Crippen molar-refractivity contribution in [2.75, 3.05) is 5.32 Å². The first-order chi connectivity index (χ1) is 11.2. The number of carbonyl (C=O) groups is 1. The third kappa shape index (κ3) is 3.65. The molecule has 0 atom stereocenters. The summed E-state index contributed by atoms with van der Waals surface area (Å²) < 4.78 is 1.79. The summed E-state index contributed by atoms with van der Waals surface area (Å²) in [6.07, 6.45) is 4.15. The van der Waals surface area contributed by atoms with Gasteiger partial charge in [-0.15, -0.1) is 11.3 Å². The monoisotopic (exact) mass is 326 g/mol. The lowest BCUT2D eigenvalue weighted by molar-refractivity contribution is 0.102. The predicted molar refractivity (Wildman–Crippen MR) is 92.0 cm³/mol. The third-order valence-corrected chi connectivity index (χ3v) is 4.59. The number of amides is 1. The van der Waals surface area contributed by atoms with Crippen LogP contribution < -0.4 is 5.32 Å². The fraction of sp³-hybridized carbons (Fsp3) is 0.235. The van der Waals surface area contributed by atoms with Crippen molar-refractivity contribution in [3.63, 3.8) is 0 Å². The highest BCUT2D eigenvalue weighted by molar-refractivity contribution is 7.13. The van der Waals surface area contributed by atoms with E-state index in [1.165, 1.54) is 16.9 Å². The summed E-state index contributed by atoms with van der Waals surface area (Å²) in [5.74, 6) is 0.538. The summed E-state index contributed by atoms with van der Waals surface area (Å²) in [6.45, 7) is 4.70. The number of anilines is 1. The average Bonchev–Trinajstić information content (AvgIpc) is 3.17. The van der Waals surface area contributed by atoms with Gasteiger partial charge in [-0.1, -0.05) is 36.8 Å². The van der Waals surface area contributed by atoms with Crippen LogP contribution in [0.2, 0.25) is 0 Å². The lowest BCUT2D eigenvalue weighted by atomic mass is 10.1. The van der Waals surface area contributed by atoms with E-state index in [1.807, 2.05) is 13.0 Å². The van der Waals surface area contributed by atoms with Crippen LogP contribution in [0, 0.1) is 6.92 Å². The van der Waals surface area contributed by atoms with Gasteiger partial charge in [0.15, 0.2) is 0 Å². The summed E-state index contributed by atoms with van der Waals surface area (Å²) in [4.78, 5) is 17.2. The van der Waals surface area contributed by atoms with Gasteiger partial charge in [-0.05, 0) is 18.9 Å². The number of benzene rings is 1. The minimum absolute atomic E-state index is 0.145. The maximum atomic E-state index is 12.3. The average molecular weight is 326 g/mol. The normalized spacial score (nSPS) is 10.7. The summed E-state index contributed by atoms with van der Waals surface area (Å²) >= 11 is 1.42. The summed E-state index contributed by atoms with van der Waals surface area (Å²) in [5.41, 5.74) is 2.35. The lowest BCUT2D eigenvalue weighted by Gasteiger charge is -2.09. The van der Waals surface area contributed by atoms with Crippen molar-refractivity contribution < 1.29 is 4.79 Å². The van der Waals surface area contributed by atoms with Gasteiger partial charge >= 0.3 is 0 Å². The van der Waals surface area contributed by atoms with Gasteiger partial charge in [0.1, 0.15) is 10.7 Å². The molecule has 2 aromatic heterocycles. The second kappa shape index (κ2) is 6.75. The second-order valence-corrected chi connectivity index (χ2v) is 6.40. The summed E-state index contributed by atoms with van der Waals surface area (Å²) in [6, 6.07) is 10.1. The Morgan fingerprint density at radius 3 is 2.96 bits per heavy atom. The molecule has 1 aromatic carbocycles. The fourth-order valence-electron chi connectivity index (χ4n) is 2.30. The van der Waals surface area contributed by atoms with Gasteiger partial charge in [0.25, 0.3) is 5.91 Å². The molecule has 1 N–H and O–H groups in total. The molecule has 0 saturated carbocycles. The van der Waals surface area contributed by atoms with Crippen molar-refractivity contribution in [1.29, 1.82) is 0 Å². The highest BCUT2D eigenvalue weighted by atomic mass is 32.1. The van der Waals surface area contributed by atoms with E-state index in [1.54, 1.807) is 23.1 Å². The second-order valence-electron chi connectivity index (χ2n) is 5.29. The zero-order valence-electron chi connectivity index (χ0n) is 13.1. The van der Waals surface area contributed by atoms with Crippen LogP contribution in [0.3, 0.4) is 0 Å². The molecule has 0 radical (unpaired) electrons. The Kier molecular flexibility index (Phi) is 4.52. The van der Waals surface area contributed by atoms with Gasteiger partial charge in [-0.25, -0.2) is 9.67 Å². The zero-order chi connectivity index (χ0) is 16.2. The number of rotatable bonds is 5. The SMILES string of the molecule is CCc1ncc(C(=O)Nc2ccnn2Cc2cccc(C)c2)s1. The maximum Gasteiger partial charge on any atom is 0.268 e. The molecule has 0 bridgehead atoms. The van der Waals surface area contributed by atoms with Crippen LogP contribution in [0.5, 0.6) is 0 Å². The van der Waals surface area contributed by atoms with Crippen LogP contribution in [-0.4, -0.2) is 20.7 Å². The number of nitrogens with zero attached hydrogens (tertiary/aromatic N) is 3. The molecular weight excluding hydrogens is 308 g/mol. The number of aryl methyl sites for hydroxylation is 2. The molecule has 3 rings (SSSR count). The largest absolute Gasteiger partial charge is 0.306 e. The van der Waals surface area contributed by atoms with Gasteiger partial charge in [0, 0.05) is 6.07 Å². The number of hydrogen-bond donors (Lipinski definition) is 1. The summed E-state index contributed by atoms with van der Waals surface area (Å²) in [7, 11) is 0. The Bertz CT molecular complexity index is 821. The molecule has 118 valence electrons. The molecule has 2 heterocycles. The zero-order valence-corrected chi connectivity index (χ0v) is 13.9. The molecule has 1 amide bonds. The van der Waals surface area contributed by atoms with E-state index in [2.05, 4.69) is 40.5 Å². The Hall–Kier alpha value is -2.47. The molecule has 0 aliphatic rings. The lowest BCUT2D eigenvalue weighted by Crippen LogP contribution is -2.15. The Morgan fingerprint density at radius 2 is 2.22 bits per heavy atom. The standard InChI is InChI=1S/C17H18N4OS/c1-3-16-18-10-14(23-16)17(22)20-15-7-8-19-21(15)11-13-6-4-5-12(2)9-13/h4-10H,3,11H2,1-2H3,(H,20,22). The van der Waals surface area contributed by atoms with Crippen molar-refractivity contribution >= 4 is 23.1 Å². The molecule has 6 heteroatoms. The van der Waals surface area contributed by atoms with Gasteiger partial charge in [-0.2, -0.15) is 5.10 Å². The highest BCUT2D eigenvalue weighted by Crippen LogP contribution is 2.17. The third-order valence-electron chi connectivity index (χ3n) is 3.45. The van der Waals surface area contributed by atoms with Crippen molar-refractivity contribution in [3.8, 4) is 0 Å². The van der Waals surface area contributed by atoms with Crippen molar-refractivity contribution in [2.24, 2.45) is 0 Å². The van der Waals surface area contributed by atoms with Crippen LogP contribution in [-0.2, 0) is 13.0 Å². The van der Waals surface area contributed by atoms with E-state index in [9.17, 15) is 4.79 Å². The Labute approximate surface area is 139 Å². The number of aromatic nitrogens is 3. The predicted octanol–water partition coefficient (Wildman–Crippen LogP) is 3.51. The number of thiazole rings is 1. The molecule has 0 fully saturated rings. The molecule has 3 aromatic rings. The number of nitrogens with one attached hydrogen (secondary N) is 1. The van der Waals surface area contributed by atoms with Crippen LogP contribution in [0.4, 0.5) is 5.82 Å². The van der Waals surface area contributed by atoms with E-state index in [4.69, 9.17) is 0 Å². The van der Waals surface area contributed by atoms with Crippen molar-refractivity contribution in [1.82, 2.24) is 14.8 Å². The van der Waals surface area contributed by atoms with Gasteiger partial charge in [0.2, 0.25) is 0 Å². The van der Waals surface area contributed by atoms with Crippen LogP contribution in [0.1, 0.15) is 32.7 Å².